The number of rotatable bonds is 8. The first-order valence-electron chi connectivity index (χ1n) is 9.28. The van der Waals surface area contributed by atoms with Crippen LogP contribution in [0.25, 0.3) is 22.2 Å². The number of methoxy groups -OCH3 is 2. The third-order valence-corrected chi connectivity index (χ3v) is 4.56. The van der Waals surface area contributed by atoms with Crippen molar-refractivity contribution in [3.8, 4) is 22.8 Å². The van der Waals surface area contributed by atoms with E-state index >= 15 is 0 Å². The van der Waals surface area contributed by atoms with Crippen LogP contribution in [-0.2, 0) is 0 Å². The van der Waals surface area contributed by atoms with Gasteiger partial charge in [-0.3, -0.25) is 4.79 Å². The number of hydrogen-bond acceptors (Lipinski definition) is 5. The smallest absolute Gasteiger partial charge is 0.252 e. The van der Waals surface area contributed by atoms with E-state index in [1.807, 2.05) is 48.5 Å². The van der Waals surface area contributed by atoms with Gasteiger partial charge in [0.05, 0.1) is 31.0 Å². The van der Waals surface area contributed by atoms with Crippen molar-refractivity contribution in [2.24, 2.45) is 5.73 Å². The molecule has 0 aliphatic rings. The van der Waals surface area contributed by atoms with Crippen molar-refractivity contribution in [2.75, 3.05) is 27.3 Å². The van der Waals surface area contributed by atoms with Crippen LogP contribution in [-0.4, -0.2) is 38.2 Å². The molecule has 2 aromatic carbocycles. The van der Waals surface area contributed by atoms with Crippen LogP contribution in [0.3, 0.4) is 0 Å². The molecule has 0 fully saturated rings. The molecule has 1 heterocycles. The van der Waals surface area contributed by atoms with Crippen LogP contribution in [0, 0.1) is 0 Å². The van der Waals surface area contributed by atoms with E-state index in [4.69, 9.17) is 20.2 Å². The number of para-hydroxylation sites is 1. The molecule has 6 nitrogen and oxygen atoms in total. The summed E-state index contributed by atoms with van der Waals surface area (Å²) >= 11 is 0. The van der Waals surface area contributed by atoms with Crippen LogP contribution in [0.4, 0.5) is 0 Å². The minimum atomic E-state index is -0.114. The average Bonchev–Trinajstić information content (AvgIpc) is 2.75. The standard InChI is InChI=1S/C22H25N3O3/c1-27-20-10-9-15(13-21(20)28-2)19-14-17(22(26)24-12-6-5-11-23)16-7-3-4-8-18(16)25-19/h3-4,7-10,13-14H,5-6,11-12,23H2,1-2H3,(H,24,26). The van der Waals surface area contributed by atoms with Crippen molar-refractivity contribution in [3.63, 3.8) is 0 Å². The zero-order valence-corrected chi connectivity index (χ0v) is 16.2. The van der Waals surface area contributed by atoms with Crippen LogP contribution < -0.4 is 20.5 Å². The molecular weight excluding hydrogens is 354 g/mol. The predicted molar refractivity (Wildman–Crippen MR) is 111 cm³/mol. The van der Waals surface area contributed by atoms with Gasteiger partial charge in [-0.05, 0) is 49.7 Å². The Morgan fingerprint density at radius 3 is 2.57 bits per heavy atom. The van der Waals surface area contributed by atoms with Gasteiger partial charge in [-0.25, -0.2) is 4.98 Å². The number of carbonyl (C=O) groups excluding carboxylic acids is 1. The van der Waals surface area contributed by atoms with E-state index < -0.39 is 0 Å². The largest absolute Gasteiger partial charge is 0.493 e. The molecule has 0 bridgehead atoms. The lowest BCUT2D eigenvalue weighted by molar-refractivity contribution is 0.0954. The van der Waals surface area contributed by atoms with Crippen molar-refractivity contribution < 1.29 is 14.3 Å². The highest BCUT2D eigenvalue weighted by molar-refractivity contribution is 6.07. The number of nitrogens with two attached hydrogens (primary N) is 1. The van der Waals surface area contributed by atoms with E-state index in [1.165, 1.54) is 0 Å². The van der Waals surface area contributed by atoms with Crippen LogP contribution in [0.5, 0.6) is 11.5 Å². The van der Waals surface area contributed by atoms with Crippen molar-refractivity contribution in [2.45, 2.75) is 12.8 Å². The number of nitrogens with zero attached hydrogens (tertiary/aromatic N) is 1. The normalized spacial score (nSPS) is 10.7. The lowest BCUT2D eigenvalue weighted by Crippen LogP contribution is -2.25. The molecular formula is C22H25N3O3. The molecule has 0 unspecified atom stereocenters. The predicted octanol–water partition coefficient (Wildman–Crippen LogP) is 3.39. The van der Waals surface area contributed by atoms with E-state index in [-0.39, 0.29) is 5.91 Å². The Hall–Kier alpha value is -3.12. The number of unbranched alkanes of at least 4 members (excludes halogenated alkanes) is 1. The SMILES string of the molecule is COc1ccc(-c2cc(C(=O)NCCCCN)c3ccccc3n2)cc1OC. The molecule has 1 aromatic heterocycles. The summed E-state index contributed by atoms with van der Waals surface area (Å²) in [6, 6.07) is 15.1. The number of pyridine rings is 1. The molecule has 0 spiro atoms. The maximum atomic E-state index is 12.8. The van der Waals surface area contributed by atoms with Gasteiger partial charge in [-0.1, -0.05) is 18.2 Å². The molecule has 0 atom stereocenters. The van der Waals surface area contributed by atoms with E-state index in [9.17, 15) is 4.79 Å². The summed E-state index contributed by atoms with van der Waals surface area (Å²) < 4.78 is 10.7. The average molecular weight is 379 g/mol. The molecule has 0 saturated heterocycles. The Morgan fingerprint density at radius 2 is 1.82 bits per heavy atom. The van der Waals surface area contributed by atoms with Gasteiger partial charge in [0, 0.05) is 17.5 Å². The second-order valence-corrected chi connectivity index (χ2v) is 6.39. The molecule has 28 heavy (non-hydrogen) atoms. The Morgan fingerprint density at radius 1 is 1.04 bits per heavy atom. The highest BCUT2D eigenvalue weighted by atomic mass is 16.5. The van der Waals surface area contributed by atoms with E-state index in [2.05, 4.69) is 5.32 Å². The summed E-state index contributed by atoms with van der Waals surface area (Å²) in [7, 11) is 3.19. The fourth-order valence-corrected chi connectivity index (χ4v) is 3.07. The Balaban J connectivity index is 2.01. The summed E-state index contributed by atoms with van der Waals surface area (Å²) in [6.07, 6.45) is 1.74. The molecule has 6 heteroatoms. The summed E-state index contributed by atoms with van der Waals surface area (Å²) in [5.41, 5.74) is 8.43. The quantitative estimate of drug-likeness (QED) is 0.586. The third-order valence-electron chi connectivity index (χ3n) is 4.56. The van der Waals surface area contributed by atoms with Crippen molar-refractivity contribution in [1.29, 1.82) is 0 Å². The molecule has 3 aromatic rings. The minimum absolute atomic E-state index is 0.114. The monoisotopic (exact) mass is 379 g/mol. The van der Waals surface area contributed by atoms with Crippen molar-refractivity contribution >= 4 is 16.8 Å². The van der Waals surface area contributed by atoms with Gasteiger partial charge in [0.25, 0.3) is 5.91 Å². The van der Waals surface area contributed by atoms with Gasteiger partial charge in [0.1, 0.15) is 0 Å². The number of ether oxygens (including phenoxy) is 2. The number of amides is 1. The fraction of sp³-hybridized carbons (Fsp3) is 0.273. The van der Waals surface area contributed by atoms with Crippen LogP contribution in [0.1, 0.15) is 23.2 Å². The molecule has 0 radical (unpaired) electrons. The van der Waals surface area contributed by atoms with Gasteiger partial charge in [0.2, 0.25) is 0 Å². The van der Waals surface area contributed by atoms with Crippen LogP contribution >= 0.6 is 0 Å². The second-order valence-electron chi connectivity index (χ2n) is 6.39. The Kier molecular flexibility index (Phi) is 6.45. The number of fused-ring (bicyclic) bond motifs is 1. The first-order chi connectivity index (χ1) is 13.7. The number of carbonyl (C=O) groups is 1. The van der Waals surface area contributed by atoms with E-state index in [0.29, 0.717) is 35.8 Å². The summed E-state index contributed by atoms with van der Waals surface area (Å²) in [6.45, 7) is 1.22. The van der Waals surface area contributed by atoms with Gasteiger partial charge >= 0.3 is 0 Å². The van der Waals surface area contributed by atoms with Gasteiger partial charge in [-0.15, -0.1) is 0 Å². The Labute approximate surface area is 164 Å². The first kappa shape index (κ1) is 19.6. The number of hydrogen-bond donors (Lipinski definition) is 2. The molecule has 146 valence electrons. The van der Waals surface area contributed by atoms with Gasteiger partial charge < -0.3 is 20.5 Å². The molecule has 0 aliphatic heterocycles. The van der Waals surface area contributed by atoms with E-state index in [1.54, 1.807) is 14.2 Å². The number of benzene rings is 2. The topological polar surface area (TPSA) is 86.5 Å². The second kappa shape index (κ2) is 9.19. The Bertz CT molecular complexity index is 972. The summed E-state index contributed by atoms with van der Waals surface area (Å²) in [5.74, 6) is 1.14. The highest BCUT2D eigenvalue weighted by Gasteiger charge is 2.15. The van der Waals surface area contributed by atoms with E-state index in [0.717, 1.165) is 29.3 Å². The van der Waals surface area contributed by atoms with Crippen molar-refractivity contribution in [1.82, 2.24) is 10.3 Å². The maximum absolute atomic E-state index is 12.8. The number of aromatic nitrogens is 1. The summed E-state index contributed by atoms with van der Waals surface area (Å²) in [5, 5.41) is 3.80. The lowest BCUT2D eigenvalue weighted by Gasteiger charge is -2.12. The molecule has 0 aliphatic carbocycles. The zero-order chi connectivity index (χ0) is 19.9. The van der Waals surface area contributed by atoms with Gasteiger partial charge in [-0.2, -0.15) is 0 Å². The highest BCUT2D eigenvalue weighted by Crippen LogP contribution is 2.33. The van der Waals surface area contributed by atoms with Gasteiger partial charge in [0.15, 0.2) is 11.5 Å². The zero-order valence-electron chi connectivity index (χ0n) is 16.2. The van der Waals surface area contributed by atoms with Crippen molar-refractivity contribution in [3.05, 3.63) is 54.1 Å². The van der Waals surface area contributed by atoms with Crippen LogP contribution in [0.15, 0.2) is 48.5 Å². The molecule has 1 amide bonds. The molecule has 3 rings (SSSR count). The van der Waals surface area contributed by atoms with Crippen LogP contribution in [0.2, 0.25) is 0 Å². The lowest BCUT2D eigenvalue weighted by atomic mass is 10.0. The maximum Gasteiger partial charge on any atom is 0.252 e. The molecule has 3 N–H and O–H groups in total. The summed E-state index contributed by atoms with van der Waals surface area (Å²) in [4.78, 5) is 17.6. The third kappa shape index (κ3) is 4.23. The molecule has 0 saturated carbocycles. The minimum Gasteiger partial charge on any atom is -0.493 e. The number of nitrogens with one attached hydrogen (secondary N) is 1. The first-order valence-corrected chi connectivity index (χ1v) is 9.28. The fourth-order valence-electron chi connectivity index (χ4n) is 3.07.